The third-order valence-electron chi connectivity index (χ3n) is 4.05. The molecule has 2 aromatic carbocycles. The summed E-state index contributed by atoms with van der Waals surface area (Å²) in [5.74, 6) is 0.141. The highest BCUT2D eigenvalue weighted by atomic mass is 32.1. The molecule has 0 aliphatic carbocycles. The molecular formula is C21H24N2O4S. The molecule has 1 aromatic heterocycles. The molecule has 0 saturated carbocycles. The fourth-order valence-corrected chi connectivity index (χ4v) is 3.86. The zero-order valence-electron chi connectivity index (χ0n) is 16.0. The van der Waals surface area contributed by atoms with E-state index in [0.717, 1.165) is 15.2 Å². The van der Waals surface area contributed by atoms with Crippen LogP contribution in [0.1, 0.15) is 22.3 Å². The first kappa shape index (κ1) is 20.3. The Balaban J connectivity index is 1.49. The number of benzene rings is 2. The molecule has 0 amide bonds. The van der Waals surface area contributed by atoms with Gasteiger partial charge in [0.1, 0.15) is 23.5 Å². The SMILES string of the molecule is CCOC(=O)c1cccc(OCC(O)CN(C)Cc2nc3ccccc3s2)c1. The number of para-hydroxylation sites is 1. The van der Waals surface area contributed by atoms with Crippen LogP contribution in [-0.2, 0) is 11.3 Å². The molecule has 0 radical (unpaired) electrons. The summed E-state index contributed by atoms with van der Waals surface area (Å²) in [7, 11) is 1.94. The first-order valence-corrected chi connectivity index (χ1v) is 9.98. The summed E-state index contributed by atoms with van der Waals surface area (Å²) in [6, 6.07) is 14.8. The van der Waals surface area contributed by atoms with E-state index in [9.17, 15) is 9.90 Å². The van der Waals surface area contributed by atoms with Gasteiger partial charge in [0.05, 0.1) is 28.9 Å². The van der Waals surface area contributed by atoms with Gasteiger partial charge in [0.25, 0.3) is 0 Å². The Kier molecular flexibility index (Phi) is 6.97. The Morgan fingerprint density at radius 2 is 2.07 bits per heavy atom. The third kappa shape index (κ3) is 5.51. The Morgan fingerprint density at radius 3 is 2.86 bits per heavy atom. The maximum atomic E-state index is 11.8. The summed E-state index contributed by atoms with van der Waals surface area (Å²) in [5.41, 5.74) is 1.43. The van der Waals surface area contributed by atoms with Gasteiger partial charge in [-0.2, -0.15) is 0 Å². The largest absolute Gasteiger partial charge is 0.491 e. The van der Waals surface area contributed by atoms with Crippen LogP contribution in [0.15, 0.2) is 48.5 Å². The maximum Gasteiger partial charge on any atom is 0.338 e. The van der Waals surface area contributed by atoms with Crippen molar-refractivity contribution in [2.24, 2.45) is 0 Å². The number of ether oxygens (including phenoxy) is 2. The lowest BCUT2D eigenvalue weighted by Gasteiger charge is -2.19. The van der Waals surface area contributed by atoms with Crippen LogP contribution < -0.4 is 4.74 Å². The minimum Gasteiger partial charge on any atom is -0.491 e. The van der Waals surface area contributed by atoms with Gasteiger partial charge in [-0.05, 0) is 44.3 Å². The average Bonchev–Trinajstić information content (AvgIpc) is 3.08. The van der Waals surface area contributed by atoms with Gasteiger partial charge in [-0.1, -0.05) is 18.2 Å². The van der Waals surface area contributed by atoms with Crippen LogP contribution in [0, 0.1) is 0 Å². The van der Waals surface area contributed by atoms with Crippen LogP contribution in [0.2, 0.25) is 0 Å². The molecule has 0 aliphatic heterocycles. The number of carbonyl (C=O) groups excluding carboxylic acids is 1. The lowest BCUT2D eigenvalue weighted by atomic mass is 10.2. The molecule has 1 unspecified atom stereocenters. The molecule has 1 heterocycles. The fraction of sp³-hybridized carbons (Fsp3) is 0.333. The van der Waals surface area contributed by atoms with Gasteiger partial charge in [-0.3, -0.25) is 4.90 Å². The molecule has 3 aromatic rings. The minimum absolute atomic E-state index is 0.135. The molecule has 0 aliphatic rings. The highest BCUT2D eigenvalue weighted by Gasteiger charge is 2.13. The predicted octanol–water partition coefficient (Wildman–Crippen LogP) is 3.34. The van der Waals surface area contributed by atoms with E-state index in [-0.39, 0.29) is 12.6 Å². The Morgan fingerprint density at radius 1 is 1.25 bits per heavy atom. The summed E-state index contributed by atoms with van der Waals surface area (Å²) in [4.78, 5) is 18.4. The van der Waals surface area contributed by atoms with Crippen LogP contribution in [0.3, 0.4) is 0 Å². The van der Waals surface area contributed by atoms with E-state index in [1.807, 2.05) is 30.1 Å². The second-order valence-electron chi connectivity index (χ2n) is 6.49. The first-order valence-electron chi connectivity index (χ1n) is 9.16. The van der Waals surface area contributed by atoms with E-state index in [1.165, 1.54) is 0 Å². The molecule has 0 saturated heterocycles. The number of carbonyl (C=O) groups is 1. The molecular weight excluding hydrogens is 376 g/mol. The fourth-order valence-electron chi connectivity index (χ4n) is 2.82. The van der Waals surface area contributed by atoms with Crippen molar-refractivity contribution in [3.8, 4) is 5.75 Å². The van der Waals surface area contributed by atoms with Crippen molar-refractivity contribution in [2.45, 2.75) is 19.6 Å². The molecule has 0 bridgehead atoms. The number of hydrogen-bond acceptors (Lipinski definition) is 7. The molecule has 0 fully saturated rings. The van der Waals surface area contributed by atoms with Gasteiger partial charge >= 0.3 is 5.97 Å². The van der Waals surface area contributed by atoms with Crippen molar-refractivity contribution in [3.05, 3.63) is 59.1 Å². The number of fused-ring (bicyclic) bond motifs is 1. The van der Waals surface area contributed by atoms with E-state index < -0.39 is 6.10 Å². The summed E-state index contributed by atoms with van der Waals surface area (Å²) in [6.45, 7) is 3.34. The average molecular weight is 401 g/mol. The standard InChI is InChI=1S/C21H24N2O4S/c1-3-26-21(25)15-7-6-8-17(11-15)27-14-16(24)12-23(2)13-20-22-18-9-4-5-10-19(18)28-20/h4-11,16,24H,3,12-14H2,1-2H3. The van der Waals surface area contributed by atoms with Gasteiger partial charge in [0, 0.05) is 6.54 Å². The quantitative estimate of drug-likeness (QED) is 0.556. The first-order chi connectivity index (χ1) is 13.5. The second kappa shape index (κ2) is 9.64. The van der Waals surface area contributed by atoms with Gasteiger partial charge < -0.3 is 14.6 Å². The molecule has 6 nitrogen and oxygen atoms in total. The van der Waals surface area contributed by atoms with Crippen LogP contribution in [0.5, 0.6) is 5.75 Å². The molecule has 3 rings (SSSR count). The molecule has 1 N–H and O–H groups in total. The van der Waals surface area contributed by atoms with E-state index in [1.54, 1.807) is 42.5 Å². The van der Waals surface area contributed by atoms with Crippen molar-refractivity contribution >= 4 is 27.5 Å². The van der Waals surface area contributed by atoms with Gasteiger partial charge in [-0.15, -0.1) is 11.3 Å². The highest BCUT2D eigenvalue weighted by molar-refractivity contribution is 7.18. The lowest BCUT2D eigenvalue weighted by molar-refractivity contribution is 0.0525. The van der Waals surface area contributed by atoms with Crippen LogP contribution in [-0.4, -0.2) is 53.9 Å². The number of aromatic nitrogens is 1. The molecule has 1 atom stereocenters. The van der Waals surface area contributed by atoms with Crippen LogP contribution in [0.25, 0.3) is 10.2 Å². The van der Waals surface area contributed by atoms with Gasteiger partial charge in [0.15, 0.2) is 0 Å². The normalized spacial score (nSPS) is 12.3. The summed E-state index contributed by atoms with van der Waals surface area (Å²) >= 11 is 1.66. The number of aliphatic hydroxyl groups is 1. The van der Waals surface area contributed by atoms with Crippen molar-refractivity contribution < 1.29 is 19.4 Å². The van der Waals surface area contributed by atoms with Gasteiger partial charge in [0.2, 0.25) is 0 Å². The maximum absolute atomic E-state index is 11.8. The highest BCUT2D eigenvalue weighted by Crippen LogP contribution is 2.22. The third-order valence-corrected chi connectivity index (χ3v) is 5.07. The van der Waals surface area contributed by atoms with Gasteiger partial charge in [-0.25, -0.2) is 9.78 Å². The molecule has 148 valence electrons. The van der Waals surface area contributed by atoms with E-state index in [0.29, 0.717) is 31.0 Å². The zero-order chi connectivity index (χ0) is 19.9. The predicted molar refractivity (Wildman–Crippen MR) is 110 cm³/mol. The number of nitrogens with zero attached hydrogens (tertiary/aromatic N) is 2. The second-order valence-corrected chi connectivity index (χ2v) is 7.60. The summed E-state index contributed by atoms with van der Waals surface area (Å²) in [6.07, 6.45) is -0.661. The number of hydrogen-bond donors (Lipinski definition) is 1. The molecule has 7 heteroatoms. The number of rotatable bonds is 9. The lowest BCUT2D eigenvalue weighted by Crippen LogP contribution is -2.32. The topological polar surface area (TPSA) is 71.9 Å². The van der Waals surface area contributed by atoms with Crippen molar-refractivity contribution in [3.63, 3.8) is 0 Å². The van der Waals surface area contributed by atoms with Crippen molar-refractivity contribution in [2.75, 3.05) is 26.8 Å². The smallest absolute Gasteiger partial charge is 0.338 e. The number of aliphatic hydroxyl groups excluding tert-OH is 1. The van der Waals surface area contributed by atoms with Crippen molar-refractivity contribution in [1.29, 1.82) is 0 Å². The minimum atomic E-state index is -0.661. The number of thiazole rings is 1. The Labute approximate surface area is 168 Å². The summed E-state index contributed by atoms with van der Waals surface area (Å²) < 4.78 is 11.8. The number of likely N-dealkylation sites (N-methyl/N-ethyl adjacent to an activating group) is 1. The Bertz CT molecular complexity index is 894. The van der Waals surface area contributed by atoms with Crippen LogP contribution >= 0.6 is 11.3 Å². The summed E-state index contributed by atoms with van der Waals surface area (Å²) in [5, 5.41) is 11.3. The Hall–Kier alpha value is -2.48. The van der Waals surface area contributed by atoms with Crippen molar-refractivity contribution in [1.82, 2.24) is 9.88 Å². The molecule has 28 heavy (non-hydrogen) atoms. The zero-order valence-corrected chi connectivity index (χ0v) is 16.8. The monoisotopic (exact) mass is 400 g/mol. The van der Waals surface area contributed by atoms with E-state index >= 15 is 0 Å². The number of esters is 1. The van der Waals surface area contributed by atoms with E-state index in [2.05, 4.69) is 11.1 Å². The van der Waals surface area contributed by atoms with Crippen LogP contribution in [0.4, 0.5) is 0 Å². The van der Waals surface area contributed by atoms with E-state index in [4.69, 9.17) is 9.47 Å². The molecule has 0 spiro atoms.